The Hall–Kier alpha value is -2.44. The molecule has 0 fully saturated rings. The van der Waals surface area contributed by atoms with E-state index in [1.807, 2.05) is 0 Å². The standard InChI is InChI=1S/C14H11F4NO2/c1-7-3-2-4-10(13(7)16)20-12-6-11(21-14(17)18)8(15)5-9(12)19/h2-6,14H,19H2,1H3. The molecule has 0 aromatic heterocycles. The van der Waals surface area contributed by atoms with Gasteiger partial charge in [0.05, 0.1) is 5.69 Å². The van der Waals surface area contributed by atoms with Gasteiger partial charge in [0, 0.05) is 12.1 Å². The number of hydrogen-bond acceptors (Lipinski definition) is 3. The van der Waals surface area contributed by atoms with Crippen molar-refractivity contribution in [2.24, 2.45) is 0 Å². The molecule has 0 unspecified atom stereocenters. The van der Waals surface area contributed by atoms with E-state index < -0.39 is 24.0 Å². The van der Waals surface area contributed by atoms with Crippen LogP contribution in [0.4, 0.5) is 23.2 Å². The van der Waals surface area contributed by atoms with Crippen molar-refractivity contribution in [3.63, 3.8) is 0 Å². The van der Waals surface area contributed by atoms with Crippen molar-refractivity contribution >= 4 is 5.69 Å². The Morgan fingerprint density at radius 2 is 1.76 bits per heavy atom. The summed E-state index contributed by atoms with van der Waals surface area (Å²) >= 11 is 0. The van der Waals surface area contributed by atoms with E-state index in [0.717, 1.165) is 12.1 Å². The summed E-state index contributed by atoms with van der Waals surface area (Å²) in [6.45, 7) is -1.67. The number of ether oxygens (including phenoxy) is 2. The van der Waals surface area contributed by atoms with Crippen LogP contribution in [-0.4, -0.2) is 6.61 Å². The molecule has 0 saturated carbocycles. The van der Waals surface area contributed by atoms with Gasteiger partial charge < -0.3 is 15.2 Å². The Labute approximate surface area is 117 Å². The van der Waals surface area contributed by atoms with Crippen LogP contribution in [-0.2, 0) is 0 Å². The number of alkyl halides is 2. The van der Waals surface area contributed by atoms with Gasteiger partial charge in [0.25, 0.3) is 0 Å². The average Bonchev–Trinajstić information content (AvgIpc) is 2.40. The first-order valence-electron chi connectivity index (χ1n) is 5.85. The minimum absolute atomic E-state index is 0.156. The van der Waals surface area contributed by atoms with Gasteiger partial charge in [-0.05, 0) is 18.6 Å². The van der Waals surface area contributed by atoms with Crippen molar-refractivity contribution in [2.45, 2.75) is 13.5 Å². The van der Waals surface area contributed by atoms with Gasteiger partial charge in [-0.25, -0.2) is 8.78 Å². The molecule has 21 heavy (non-hydrogen) atoms. The summed E-state index contributed by atoms with van der Waals surface area (Å²) in [5.41, 5.74) is 5.69. The van der Waals surface area contributed by atoms with Crippen LogP contribution >= 0.6 is 0 Å². The lowest BCUT2D eigenvalue weighted by Crippen LogP contribution is -2.05. The molecule has 0 spiro atoms. The van der Waals surface area contributed by atoms with E-state index >= 15 is 0 Å². The highest BCUT2D eigenvalue weighted by Crippen LogP contribution is 2.35. The maximum absolute atomic E-state index is 13.8. The number of nitrogens with two attached hydrogens (primary N) is 1. The van der Waals surface area contributed by atoms with Crippen molar-refractivity contribution in [3.05, 3.63) is 47.5 Å². The smallest absolute Gasteiger partial charge is 0.387 e. The molecule has 0 atom stereocenters. The van der Waals surface area contributed by atoms with E-state index in [0.29, 0.717) is 5.56 Å². The highest BCUT2D eigenvalue weighted by molar-refractivity contribution is 5.57. The Bertz CT molecular complexity index is 662. The third-order valence-electron chi connectivity index (χ3n) is 2.66. The summed E-state index contributed by atoms with van der Waals surface area (Å²) in [5.74, 6) is -2.77. The molecule has 0 aliphatic carbocycles. The van der Waals surface area contributed by atoms with E-state index in [-0.39, 0.29) is 17.2 Å². The molecule has 2 rings (SSSR count). The van der Waals surface area contributed by atoms with Crippen molar-refractivity contribution in [1.82, 2.24) is 0 Å². The fourth-order valence-corrected chi connectivity index (χ4v) is 1.64. The Morgan fingerprint density at radius 3 is 2.43 bits per heavy atom. The second-order valence-corrected chi connectivity index (χ2v) is 4.19. The van der Waals surface area contributed by atoms with Gasteiger partial charge in [-0.2, -0.15) is 8.78 Å². The fraction of sp³-hybridized carbons (Fsp3) is 0.143. The minimum atomic E-state index is -3.20. The molecular formula is C14H11F4NO2. The van der Waals surface area contributed by atoms with Gasteiger partial charge in [-0.1, -0.05) is 12.1 Å². The van der Waals surface area contributed by atoms with Gasteiger partial charge in [-0.15, -0.1) is 0 Å². The van der Waals surface area contributed by atoms with Gasteiger partial charge in [0.1, 0.15) is 0 Å². The number of hydrogen-bond donors (Lipinski definition) is 1. The summed E-state index contributed by atoms with van der Waals surface area (Å²) in [7, 11) is 0. The van der Waals surface area contributed by atoms with Crippen molar-refractivity contribution < 1.29 is 27.0 Å². The summed E-state index contributed by atoms with van der Waals surface area (Å²) < 4.78 is 60.7. The van der Waals surface area contributed by atoms with Crippen LogP contribution < -0.4 is 15.2 Å². The predicted octanol–water partition coefficient (Wildman–Crippen LogP) is 4.25. The number of rotatable bonds is 4. The maximum Gasteiger partial charge on any atom is 0.387 e. The van der Waals surface area contributed by atoms with Crippen LogP contribution in [0.5, 0.6) is 17.2 Å². The summed E-state index contributed by atoms with van der Waals surface area (Å²) in [6.07, 6.45) is 0. The van der Waals surface area contributed by atoms with Crippen LogP contribution in [0, 0.1) is 18.6 Å². The highest BCUT2D eigenvalue weighted by atomic mass is 19.3. The van der Waals surface area contributed by atoms with Crippen LogP contribution in [0.15, 0.2) is 30.3 Å². The quantitative estimate of drug-likeness (QED) is 0.678. The molecule has 112 valence electrons. The van der Waals surface area contributed by atoms with Gasteiger partial charge in [-0.3, -0.25) is 0 Å². The number of benzene rings is 2. The fourth-order valence-electron chi connectivity index (χ4n) is 1.64. The first-order valence-corrected chi connectivity index (χ1v) is 5.85. The molecule has 0 heterocycles. The van der Waals surface area contributed by atoms with Crippen molar-refractivity contribution in [1.29, 1.82) is 0 Å². The second-order valence-electron chi connectivity index (χ2n) is 4.19. The van der Waals surface area contributed by atoms with Gasteiger partial charge in [0.15, 0.2) is 28.9 Å². The summed E-state index contributed by atoms with van der Waals surface area (Å²) in [4.78, 5) is 0. The molecule has 0 aliphatic heterocycles. The zero-order valence-electron chi connectivity index (χ0n) is 10.9. The Morgan fingerprint density at radius 1 is 1.05 bits per heavy atom. The zero-order valence-corrected chi connectivity index (χ0v) is 10.9. The molecule has 0 aliphatic rings. The number of anilines is 1. The number of nitrogen functional groups attached to an aromatic ring is 1. The van der Waals surface area contributed by atoms with Gasteiger partial charge >= 0.3 is 6.61 Å². The lowest BCUT2D eigenvalue weighted by atomic mass is 10.2. The van der Waals surface area contributed by atoms with E-state index in [2.05, 4.69) is 4.74 Å². The monoisotopic (exact) mass is 301 g/mol. The number of aryl methyl sites for hydroxylation is 1. The van der Waals surface area contributed by atoms with Crippen LogP contribution in [0.1, 0.15) is 5.56 Å². The summed E-state index contributed by atoms with van der Waals surface area (Å²) in [5, 5.41) is 0. The molecule has 3 nitrogen and oxygen atoms in total. The topological polar surface area (TPSA) is 44.5 Å². The van der Waals surface area contributed by atoms with E-state index in [1.54, 1.807) is 6.07 Å². The van der Waals surface area contributed by atoms with E-state index in [1.165, 1.54) is 19.1 Å². The molecule has 7 heteroatoms. The van der Waals surface area contributed by atoms with E-state index in [4.69, 9.17) is 10.5 Å². The first-order chi connectivity index (χ1) is 9.88. The largest absolute Gasteiger partial charge is 0.452 e. The van der Waals surface area contributed by atoms with Crippen LogP contribution in [0.3, 0.4) is 0 Å². The molecule has 0 saturated heterocycles. The normalized spacial score (nSPS) is 10.8. The molecule has 0 radical (unpaired) electrons. The SMILES string of the molecule is Cc1cccc(Oc2cc(OC(F)F)c(F)cc2N)c1F. The number of halogens is 4. The first kappa shape index (κ1) is 15.0. The molecular weight excluding hydrogens is 290 g/mol. The summed E-state index contributed by atoms with van der Waals surface area (Å²) in [6, 6.07) is 6.02. The highest BCUT2D eigenvalue weighted by Gasteiger charge is 2.16. The Kier molecular flexibility index (Phi) is 4.21. The van der Waals surface area contributed by atoms with Crippen molar-refractivity contribution in [3.8, 4) is 17.2 Å². The van der Waals surface area contributed by atoms with Crippen LogP contribution in [0.2, 0.25) is 0 Å². The molecule has 0 bridgehead atoms. The van der Waals surface area contributed by atoms with Gasteiger partial charge in [0.2, 0.25) is 0 Å². The van der Waals surface area contributed by atoms with Crippen molar-refractivity contribution in [2.75, 3.05) is 5.73 Å². The lowest BCUT2D eigenvalue weighted by molar-refractivity contribution is -0.0522. The van der Waals surface area contributed by atoms with E-state index in [9.17, 15) is 17.6 Å². The lowest BCUT2D eigenvalue weighted by Gasteiger charge is -2.13. The minimum Gasteiger partial charge on any atom is -0.452 e. The third-order valence-corrected chi connectivity index (χ3v) is 2.66. The molecule has 2 aromatic rings. The average molecular weight is 301 g/mol. The predicted molar refractivity (Wildman–Crippen MR) is 68.7 cm³/mol. The second kappa shape index (κ2) is 5.90. The zero-order chi connectivity index (χ0) is 15.6. The van der Waals surface area contributed by atoms with Crippen LogP contribution in [0.25, 0.3) is 0 Å². The molecule has 2 aromatic carbocycles. The molecule has 0 amide bonds. The maximum atomic E-state index is 13.8. The molecule has 2 N–H and O–H groups in total. The Balaban J connectivity index is 2.37. The third kappa shape index (κ3) is 3.36.